The molecule has 1 atom stereocenters. The predicted molar refractivity (Wildman–Crippen MR) is 125 cm³/mol. The molecule has 5 heteroatoms. The van der Waals surface area contributed by atoms with E-state index in [2.05, 4.69) is 17.4 Å². The molecule has 0 aromatic heterocycles. The summed E-state index contributed by atoms with van der Waals surface area (Å²) in [5.74, 6) is 1.29. The lowest BCUT2D eigenvalue weighted by atomic mass is 10.1. The van der Waals surface area contributed by atoms with Gasteiger partial charge >= 0.3 is 0 Å². The van der Waals surface area contributed by atoms with Crippen molar-refractivity contribution in [3.63, 3.8) is 0 Å². The topological polar surface area (TPSA) is 47.6 Å². The predicted octanol–water partition coefficient (Wildman–Crippen LogP) is 5.99. The maximum absolute atomic E-state index is 12.8. The van der Waals surface area contributed by atoms with Gasteiger partial charge < -0.3 is 14.8 Å². The largest absolute Gasteiger partial charge is 0.496 e. The summed E-state index contributed by atoms with van der Waals surface area (Å²) in [7, 11) is 1.61. The summed E-state index contributed by atoms with van der Waals surface area (Å²) >= 11 is 6.08. The Morgan fingerprint density at radius 3 is 2.55 bits per heavy atom. The van der Waals surface area contributed by atoms with E-state index in [0.717, 1.165) is 24.0 Å². The summed E-state index contributed by atoms with van der Waals surface area (Å²) in [4.78, 5) is 12.8. The Labute approximate surface area is 189 Å². The molecule has 31 heavy (non-hydrogen) atoms. The van der Waals surface area contributed by atoms with Crippen molar-refractivity contribution in [1.82, 2.24) is 5.32 Å². The van der Waals surface area contributed by atoms with Crippen LogP contribution in [0.4, 0.5) is 0 Å². The molecule has 0 unspecified atom stereocenters. The zero-order valence-corrected chi connectivity index (χ0v) is 18.9. The van der Waals surface area contributed by atoms with Crippen molar-refractivity contribution < 1.29 is 14.3 Å². The average Bonchev–Trinajstić information content (AvgIpc) is 2.79. The van der Waals surface area contributed by atoms with Gasteiger partial charge in [-0.05, 0) is 74.2 Å². The van der Waals surface area contributed by atoms with Gasteiger partial charge in [0.05, 0.1) is 7.11 Å². The zero-order chi connectivity index (χ0) is 22.2. The van der Waals surface area contributed by atoms with Gasteiger partial charge in [-0.25, -0.2) is 0 Å². The van der Waals surface area contributed by atoms with Crippen LogP contribution in [0.5, 0.6) is 11.5 Å². The van der Waals surface area contributed by atoms with Crippen molar-refractivity contribution in [3.05, 3.63) is 94.0 Å². The standard InChI is InChI=1S/C26H28ClNO3/c1-18-15-23(12-13-24(18)27)31-17-22-16-21(11-14-25(22)30-3)26(29)28-19(2)9-10-20-7-5-4-6-8-20/h4-8,11-16,19H,9-10,17H2,1-3H3,(H,28,29)/t19-/m0/s1. The normalized spacial score (nSPS) is 11.6. The van der Waals surface area contributed by atoms with E-state index in [-0.39, 0.29) is 18.6 Å². The molecule has 0 heterocycles. The number of halogens is 1. The highest BCUT2D eigenvalue weighted by Gasteiger charge is 2.13. The fourth-order valence-corrected chi connectivity index (χ4v) is 3.43. The van der Waals surface area contributed by atoms with E-state index in [1.165, 1.54) is 5.56 Å². The van der Waals surface area contributed by atoms with Crippen molar-refractivity contribution in [2.75, 3.05) is 7.11 Å². The van der Waals surface area contributed by atoms with Gasteiger partial charge in [0.1, 0.15) is 18.1 Å². The second-order valence-electron chi connectivity index (χ2n) is 7.63. The molecule has 0 aliphatic carbocycles. The minimum absolute atomic E-state index is 0.0616. The summed E-state index contributed by atoms with van der Waals surface area (Å²) in [6.45, 7) is 4.24. The number of amides is 1. The minimum Gasteiger partial charge on any atom is -0.496 e. The van der Waals surface area contributed by atoms with Crippen LogP contribution in [0.1, 0.15) is 40.4 Å². The van der Waals surface area contributed by atoms with Crippen LogP contribution in [0.3, 0.4) is 0 Å². The molecule has 0 spiro atoms. The van der Waals surface area contributed by atoms with Crippen LogP contribution in [-0.4, -0.2) is 19.1 Å². The number of carbonyl (C=O) groups is 1. The summed E-state index contributed by atoms with van der Waals surface area (Å²) in [6.07, 6.45) is 1.79. The smallest absolute Gasteiger partial charge is 0.251 e. The molecule has 3 aromatic rings. The van der Waals surface area contributed by atoms with Crippen LogP contribution in [0.2, 0.25) is 5.02 Å². The first-order valence-corrected chi connectivity index (χ1v) is 10.7. The van der Waals surface area contributed by atoms with E-state index in [1.54, 1.807) is 19.2 Å². The third kappa shape index (κ3) is 6.50. The van der Waals surface area contributed by atoms with E-state index in [4.69, 9.17) is 21.1 Å². The number of aryl methyl sites for hydroxylation is 2. The Hall–Kier alpha value is -2.98. The fraction of sp³-hybridized carbons (Fsp3) is 0.269. The molecule has 1 amide bonds. The van der Waals surface area contributed by atoms with Gasteiger partial charge in [-0.3, -0.25) is 4.79 Å². The molecule has 0 bridgehead atoms. The monoisotopic (exact) mass is 437 g/mol. The lowest BCUT2D eigenvalue weighted by molar-refractivity contribution is 0.0938. The van der Waals surface area contributed by atoms with Gasteiger partial charge in [0.25, 0.3) is 5.91 Å². The maximum atomic E-state index is 12.8. The molecule has 0 aliphatic heterocycles. The van der Waals surface area contributed by atoms with Gasteiger partial charge in [0.15, 0.2) is 0 Å². The van der Waals surface area contributed by atoms with E-state index in [9.17, 15) is 4.79 Å². The van der Waals surface area contributed by atoms with Crippen LogP contribution in [0, 0.1) is 6.92 Å². The molecule has 4 nitrogen and oxygen atoms in total. The van der Waals surface area contributed by atoms with Crippen molar-refractivity contribution in [2.45, 2.75) is 39.3 Å². The molecular formula is C26H28ClNO3. The second kappa shape index (κ2) is 10.9. The highest BCUT2D eigenvalue weighted by Crippen LogP contribution is 2.25. The number of hydrogen-bond acceptors (Lipinski definition) is 3. The Bertz CT molecular complexity index is 1020. The van der Waals surface area contributed by atoms with Crippen LogP contribution >= 0.6 is 11.6 Å². The Morgan fingerprint density at radius 1 is 1.06 bits per heavy atom. The fourth-order valence-electron chi connectivity index (χ4n) is 3.31. The average molecular weight is 438 g/mol. The molecule has 1 N–H and O–H groups in total. The number of carbonyl (C=O) groups excluding carboxylic acids is 1. The number of methoxy groups -OCH3 is 1. The number of ether oxygens (including phenoxy) is 2. The molecule has 0 saturated carbocycles. The summed E-state index contributed by atoms with van der Waals surface area (Å²) in [5, 5.41) is 3.78. The quantitative estimate of drug-likeness (QED) is 0.447. The highest BCUT2D eigenvalue weighted by molar-refractivity contribution is 6.31. The minimum atomic E-state index is -0.105. The van der Waals surface area contributed by atoms with Gasteiger partial charge in [0.2, 0.25) is 0 Å². The van der Waals surface area contributed by atoms with Crippen LogP contribution < -0.4 is 14.8 Å². The first kappa shape index (κ1) is 22.7. The third-order valence-corrected chi connectivity index (χ3v) is 5.58. The molecular weight excluding hydrogens is 410 g/mol. The Morgan fingerprint density at radius 2 is 1.84 bits per heavy atom. The molecule has 0 radical (unpaired) electrons. The van der Waals surface area contributed by atoms with E-state index in [0.29, 0.717) is 22.1 Å². The number of nitrogens with one attached hydrogen (secondary N) is 1. The Balaban J connectivity index is 1.62. The molecule has 0 fully saturated rings. The molecule has 0 saturated heterocycles. The molecule has 0 aliphatic rings. The molecule has 3 rings (SSSR count). The van der Waals surface area contributed by atoms with Gasteiger partial charge in [0, 0.05) is 22.2 Å². The van der Waals surface area contributed by atoms with Crippen molar-refractivity contribution in [3.8, 4) is 11.5 Å². The maximum Gasteiger partial charge on any atom is 0.251 e. The van der Waals surface area contributed by atoms with E-state index in [1.807, 2.05) is 56.3 Å². The SMILES string of the molecule is COc1ccc(C(=O)N[C@@H](C)CCc2ccccc2)cc1COc1ccc(Cl)c(C)c1. The lowest BCUT2D eigenvalue weighted by Gasteiger charge is -2.16. The van der Waals surface area contributed by atoms with E-state index >= 15 is 0 Å². The van der Waals surface area contributed by atoms with Crippen LogP contribution in [-0.2, 0) is 13.0 Å². The first-order valence-electron chi connectivity index (χ1n) is 10.4. The summed E-state index contributed by atoms with van der Waals surface area (Å²) < 4.78 is 11.4. The first-order chi connectivity index (χ1) is 15.0. The van der Waals surface area contributed by atoms with Crippen LogP contribution in [0.25, 0.3) is 0 Å². The number of benzene rings is 3. The zero-order valence-electron chi connectivity index (χ0n) is 18.2. The second-order valence-corrected chi connectivity index (χ2v) is 8.03. The van der Waals surface area contributed by atoms with Crippen LogP contribution in [0.15, 0.2) is 66.7 Å². The molecule has 162 valence electrons. The third-order valence-electron chi connectivity index (χ3n) is 5.15. The number of rotatable bonds is 9. The van der Waals surface area contributed by atoms with Crippen molar-refractivity contribution in [1.29, 1.82) is 0 Å². The van der Waals surface area contributed by atoms with Gasteiger partial charge in [-0.15, -0.1) is 0 Å². The molecule has 3 aromatic carbocycles. The Kier molecular flexibility index (Phi) is 7.96. The van der Waals surface area contributed by atoms with Crippen molar-refractivity contribution in [2.24, 2.45) is 0 Å². The van der Waals surface area contributed by atoms with Crippen molar-refractivity contribution >= 4 is 17.5 Å². The van der Waals surface area contributed by atoms with Gasteiger partial charge in [-0.1, -0.05) is 41.9 Å². The summed E-state index contributed by atoms with van der Waals surface area (Å²) in [6, 6.07) is 21.3. The van der Waals surface area contributed by atoms with E-state index < -0.39 is 0 Å². The lowest BCUT2D eigenvalue weighted by Crippen LogP contribution is -2.33. The summed E-state index contributed by atoms with van der Waals surface area (Å²) in [5.41, 5.74) is 3.60. The highest BCUT2D eigenvalue weighted by atomic mass is 35.5. The number of hydrogen-bond donors (Lipinski definition) is 1. The van der Waals surface area contributed by atoms with Gasteiger partial charge in [-0.2, -0.15) is 0 Å².